The van der Waals surface area contributed by atoms with Gasteiger partial charge in [0.2, 0.25) is 5.95 Å². The van der Waals surface area contributed by atoms with E-state index in [2.05, 4.69) is 21.4 Å². The minimum absolute atomic E-state index is 0.177. The molecule has 0 spiro atoms. The Hall–Kier alpha value is -1.81. The van der Waals surface area contributed by atoms with Crippen LogP contribution in [0.15, 0.2) is 36.7 Å². The minimum atomic E-state index is 0.177. The third-order valence-corrected chi connectivity index (χ3v) is 3.08. The van der Waals surface area contributed by atoms with E-state index < -0.39 is 0 Å². The van der Waals surface area contributed by atoms with Gasteiger partial charge in [-0.15, -0.1) is 0 Å². The van der Waals surface area contributed by atoms with Crippen molar-refractivity contribution in [2.75, 3.05) is 11.9 Å². The Morgan fingerprint density at radius 3 is 2.83 bits per heavy atom. The van der Waals surface area contributed by atoms with Crippen molar-refractivity contribution in [2.45, 2.75) is 12.5 Å². The van der Waals surface area contributed by atoms with Gasteiger partial charge in [0.15, 0.2) is 0 Å². The molecule has 18 heavy (non-hydrogen) atoms. The lowest BCUT2D eigenvalue weighted by Gasteiger charge is -2.26. The average molecular weight is 262 g/mol. The highest BCUT2D eigenvalue weighted by Gasteiger charge is 2.21. The number of fused-ring (bicyclic) bond motifs is 1. The summed E-state index contributed by atoms with van der Waals surface area (Å²) in [5, 5.41) is 3.84. The summed E-state index contributed by atoms with van der Waals surface area (Å²) < 4.78 is 5.61. The minimum Gasteiger partial charge on any atom is -0.493 e. The molecule has 0 saturated carbocycles. The lowest BCUT2D eigenvalue weighted by atomic mass is 10.0. The molecule has 0 bridgehead atoms. The monoisotopic (exact) mass is 261 g/mol. The number of aromatic nitrogens is 2. The molecule has 1 aromatic heterocycles. The zero-order chi connectivity index (χ0) is 12.4. The van der Waals surface area contributed by atoms with Gasteiger partial charge in [-0.05, 0) is 6.07 Å². The third kappa shape index (κ3) is 2.24. The molecular weight excluding hydrogens is 250 g/mol. The second-order valence-electron chi connectivity index (χ2n) is 4.10. The van der Waals surface area contributed by atoms with Crippen LogP contribution in [0.5, 0.6) is 5.75 Å². The summed E-state index contributed by atoms with van der Waals surface area (Å²) in [6.07, 6.45) is 4.06. The van der Waals surface area contributed by atoms with Crippen molar-refractivity contribution in [2.24, 2.45) is 0 Å². The third-order valence-electron chi connectivity index (χ3n) is 2.88. The summed E-state index contributed by atoms with van der Waals surface area (Å²) in [4.78, 5) is 8.30. The number of benzene rings is 1. The van der Waals surface area contributed by atoms with E-state index in [1.807, 2.05) is 18.2 Å². The van der Waals surface area contributed by atoms with Gasteiger partial charge in [0, 0.05) is 12.0 Å². The molecule has 0 amide bonds. The van der Waals surface area contributed by atoms with Crippen molar-refractivity contribution >= 4 is 17.5 Å². The number of halogens is 1. The molecule has 92 valence electrons. The first-order valence-corrected chi connectivity index (χ1v) is 6.16. The first kappa shape index (κ1) is 11.3. The molecule has 1 atom stereocenters. The Labute approximate surface area is 110 Å². The second kappa shape index (κ2) is 4.82. The van der Waals surface area contributed by atoms with Gasteiger partial charge in [0.25, 0.3) is 0 Å². The Bertz CT molecular complexity index is 544. The van der Waals surface area contributed by atoms with E-state index in [1.54, 1.807) is 12.4 Å². The molecule has 0 fully saturated rings. The van der Waals surface area contributed by atoms with E-state index in [0.717, 1.165) is 17.7 Å². The molecule has 0 radical (unpaired) electrons. The fraction of sp³-hybridized carbons (Fsp3) is 0.231. The Morgan fingerprint density at radius 2 is 2.00 bits per heavy atom. The van der Waals surface area contributed by atoms with Crippen molar-refractivity contribution in [1.82, 2.24) is 9.97 Å². The van der Waals surface area contributed by atoms with Gasteiger partial charge < -0.3 is 10.1 Å². The highest BCUT2D eigenvalue weighted by Crippen LogP contribution is 2.33. The van der Waals surface area contributed by atoms with Gasteiger partial charge in [0.05, 0.1) is 30.1 Å². The number of nitrogens with one attached hydrogen (secondary N) is 1. The van der Waals surface area contributed by atoms with Crippen LogP contribution in [0.3, 0.4) is 0 Å². The fourth-order valence-electron chi connectivity index (χ4n) is 2.03. The van der Waals surface area contributed by atoms with E-state index in [0.29, 0.717) is 17.6 Å². The van der Waals surface area contributed by atoms with Gasteiger partial charge in [-0.3, -0.25) is 0 Å². The Balaban J connectivity index is 1.84. The summed E-state index contributed by atoms with van der Waals surface area (Å²) in [5.74, 6) is 1.51. The maximum absolute atomic E-state index is 5.76. The Kier molecular flexibility index (Phi) is 3.02. The standard InChI is InChI=1S/C13H12ClN3O/c14-9-7-15-13(16-8-9)17-11-5-6-18-12-4-2-1-3-10(11)12/h1-4,7-8,11H,5-6H2,(H,15,16,17). The smallest absolute Gasteiger partial charge is 0.223 e. The number of ether oxygens (including phenoxy) is 1. The number of hydrogen-bond acceptors (Lipinski definition) is 4. The normalized spacial score (nSPS) is 17.7. The molecule has 1 unspecified atom stereocenters. The summed E-state index contributed by atoms with van der Waals surface area (Å²) >= 11 is 5.76. The molecule has 0 aliphatic carbocycles. The molecular formula is C13H12ClN3O. The molecule has 1 aliphatic rings. The van der Waals surface area contributed by atoms with E-state index in [4.69, 9.17) is 16.3 Å². The van der Waals surface area contributed by atoms with Crippen LogP contribution in [0.4, 0.5) is 5.95 Å². The molecule has 2 heterocycles. The number of rotatable bonds is 2. The fourth-order valence-corrected chi connectivity index (χ4v) is 2.13. The van der Waals surface area contributed by atoms with Crippen molar-refractivity contribution < 1.29 is 4.74 Å². The van der Waals surface area contributed by atoms with Crippen molar-refractivity contribution in [3.8, 4) is 5.75 Å². The molecule has 1 aliphatic heterocycles. The first-order valence-electron chi connectivity index (χ1n) is 5.79. The zero-order valence-corrected chi connectivity index (χ0v) is 10.4. The lowest BCUT2D eigenvalue weighted by Crippen LogP contribution is -2.21. The van der Waals surface area contributed by atoms with Crippen LogP contribution < -0.4 is 10.1 Å². The molecule has 5 heteroatoms. The van der Waals surface area contributed by atoms with Crippen LogP contribution in [-0.2, 0) is 0 Å². The van der Waals surface area contributed by atoms with Crippen molar-refractivity contribution in [3.63, 3.8) is 0 Å². The van der Waals surface area contributed by atoms with Gasteiger partial charge in [-0.25, -0.2) is 9.97 Å². The van der Waals surface area contributed by atoms with Gasteiger partial charge in [-0.2, -0.15) is 0 Å². The summed E-state index contributed by atoms with van der Waals surface area (Å²) in [5.41, 5.74) is 1.14. The molecule has 3 rings (SSSR count). The first-order chi connectivity index (χ1) is 8.83. The van der Waals surface area contributed by atoms with Gasteiger partial charge in [-0.1, -0.05) is 29.8 Å². The summed E-state index contributed by atoms with van der Waals surface area (Å²) in [6, 6.07) is 8.19. The van der Waals surface area contributed by atoms with Crippen LogP contribution >= 0.6 is 11.6 Å². The summed E-state index contributed by atoms with van der Waals surface area (Å²) in [6.45, 7) is 0.697. The largest absolute Gasteiger partial charge is 0.493 e. The Morgan fingerprint density at radius 1 is 1.22 bits per heavy atom. The topological polar surface area (TPSA) is 47.0 Å². The van der Waals surface area contributed by atoms with E-state index in [-0.39, 0.29) is 6.04 Å². The highest BCUT2D eigenvalue weighted by molar-refractivity contribution is 6.30. The molecule has 1 aromatic carbocycles. The highest BCUT2D eigenvalue weighted by atomic mass is 35.5. The van der Waals surface area contributed by atoms with Gasteiger partial charge in [0.1, 0.15) is 5.75 Å². The van der Waals surface area contributed by atoms with Gasteiger partial charge >= 0.3 is 0 Å². The zero-order valence-electron chi connectivity index (χ0n) is 9.64. The molecule has 0 saturated heterocycles. The summed E-state index contributed by atoms with van der Waals surface area (Å²) in [7, 11) is 0. The van der Waals surface area contributed by atoms with Crippen LogP contribution in [0.25, 0.3) is 0 Å². The maximum Gasteiger partial charge on any atom is 0.223 e. The predicted octanol–water partition coefficient (Wildman–Crippen LogP) is 3.07. The SMILES string of the molecule is Clc1cnc(NC2CCOc3ccccc32)nc1. The van der Waals surface area contributed by atoms with Crippen LogP contribution in [-0.4, -0.2) is 16.6 Å². The number of hydrogen-bond donors (Lipinski definition) is 1. The number of nitrogens with zero attached hydrogens (tertiary/aromatic N) is 2. The van der Waals surface area contributed by atoms with E-state index in [9.17, 15) is 0 Å². The lowest BCUT2D eigenvalue weighted by molar-refractivity contribution is 0.274. The van der Waals surface area contributed by atoms with E-state index >= 15 is 0 Å². The van der Waals surface area contributed by atoms with Crippen LogP contribution in [0, 0.1) is 0 Å². The predicted molar refractivity (Wildman–Crippen MR) is 70.0 cm³/mol. The van der Waals surface area contributed by atoms with Crippen LogP contribution in [0.2, 0.25) is 5.02 Å². The van der Waals surface area contributed by atoms with Crippen molar-refractivity contribution in [3.05, 3.63) is 47.2 Å². The maximum atomic E-state index is 5.76. The van der Waals surface area contributed by atoms with Crippen LogP contribution in [0.1, 0.15) is 18.0 Å². The molecule has 2 aromatic rings. The quantitative estimate of drug-likeness (QED) is 0.903. The second-order valence-corrected chi connectivity index (χ2v) is 4.53. The molecule has 4 nitrogen and oxygen atoms in total. The average Bonchev–Trinajstić information content (AvgIpc) is 2.42. The molecule has 1 N–H and O–H groups in total. The number of anilines is 1. The number of para-hydroxylation sites is 1. The van der Waals surface area contributed by atoms with E-state index in [1.165, 1.54) is 0 Å². The van der Waals surface area contributed by atoms with Crippen molar-refractivity contribution in [1.29, 1.82) is 0 Å².